The van der Waals surface area contributed by atoms with Crippen molar-refractivity contribution in [1.82, 2.24) is 25.6 Å². The van der Waals surface area contributed by atoms with Gasteiger partial charge in [0.15, 0.2) is 6.29 Å². The van der Waals surface area contributed by atoms with E-state index in [0.29, 0.717) is 23.7 Å². The summed E-state index contributed by atoms with van der Waals surface area (Å²) in [6.07, 6.45) is 0.0251. The summed E-state index contributed by atoms with van der Waals surface area (Å²) in [5.74, 6) is 0.892. The average molecular weight is 388 g/mol. The van der Waals surface area contributed by atoms with Crippen LogP contribution in [0.3, 0.4) is 0 Å². The topological polar surface area (TPSA) is 114 Å². The van der Waals surface area contributed by atoms with E-state index in [2.05, 4.69) is 26.2 Å². The zero-order chi connectivity index (χ0) is 20.6. The molecule has 0 aromatic carbocycles. The van der Waals surface area contributed by atoms with Crippen molar-refractivity contribution < 1.29 is 14.1 Å². The summed E-state index contributed by atoms with van der Waals surface area (Å²) in [5.41, 5.74) is 2.08. The molecule has 9 nitrogen and oxygen atoms in total. The maximum absolute atomic E-state index is 12.7. The highest BCUT2D eigenvalue weighted by molar-refractivity contribution is 5.92. The summed E-state index contributed by atoms with van der Waals surface area (Å²) in [6.45, 7) is 11.7. The standard InChI is InChI=1S/C19H28N6O3/c1-10-7-16(26)22-18(20-10)25-15(9-14(23-25)19(4,5)6)21-17(27)8-13-11(2)24-28-12(13)3/h9-10,18,20H,7-8H2,1-6H3,(H,21,27)(H,22,26). The largest absolute Gasteiger partial charge is 0.361 e. The van der Waals surface area contributed by atoms with Crippen LogP contribution in [0.25, 0.3) is 0 Å². The summed E-state index contributed by atoms with van der Waals surface area (Å²) >= 11 is 0. The first-order valence-corrected chi connectivity index (χ1v) is 9.41. The molecule has 2 amide bonds. The SMILES string of the molecule is Cc1noc(C)c1CC(=O)Nc1cc(C(C)(C)C)nn1C1NC(=O)CC(C)N1. The number of nitrogens with one attached hydrogen (secondary N) is 3. The molecule has 0 bridgehead atoms. The van der Waals surface area contributed by atoms with Crippen molar-refractivity contribution in [2.45, 2.75) is 72.1 Å². The van der Waals surface area contributed by atoms with Crippen LogP contribution in [0.4, 0.5) is 5.82 Å². The lowest BCUT2D eigenvalue weighted by Gasteiger charge is -2.30. The van der Waals surface area contributed by atoms with Crippen LogP contribution in [0, 0.1) is 13.8 Å². The Kier molecular flexibility index (Phi) is 5.29. The molecule has 9 heteroatoms. The fraction of sp³-hybridized carbons (Fsp3) is 0.579. The van der Waals surface area contributed by atoms with Crippen molar-refractivity contribution in [3.05, 3.63) is 28.8 Å². The normalized spacial score (nSPS) is 20.1. The number of carbonyl (C=O) groups is 2. The molecule has 0 spiro atoms. The molecule has 1 saturated heterocycles. The number of aryl methyl sites for hydroxylation is 2. The van der Waals surface area contributed by atoms with Crippen LogP contribution >= 0.6 is 0 Å². The van der Waals surface area contributed by atoms with Gasteiger partial charge in [-0.05, 0) is 20.8 Å². The van der Waals surface area contributed by atoms with Crippen LogP contribution in [0.15, 0.2) is 10.6 Å². The van der Waals surface area contributed by atoms with E-state index in [9.17, 15) is 9.59 Å². The highest BCUT2D eigenvalue weighted by Gasteiger charge is 2.29. The molecule has 1 fully saturated rings. The van der Waals surface area contributed by atoms with Gasteiger partial charge < -0.3 is 15.2 Å². The lowest BCUT2D eigenvalue weighted by molar-refractivity contribution is -0.125. The molecule has 0 radical (unpaired) electrons. The highest BCUT2D eigenvalue weighted by Crippen LogP contribution is 2.26. The second-order valence-corrected chi connectivity index (χ2v) is 8.38. The zero-order valence-corrected chi connectivity index (χ0v) is 17.2. The predicted octanol–water partition coefficient (Wildman–Crippen LogP) is 1.92. The zero-order valence-electron chi connectivity index (χ0n) is 17.2. The Bertz CT molecular complexity index is 873. The molecule has 2 unspecified atom stereocenters. The van der Waals surface area contributed by atoms with Gasteiger partial charge in [0.25, 0.3) is 0 Å². The van der Waals surface area contributed by atoms with Gasteiger partial charge in [-0.15, -0.1) is 0 Å². The van der Waals surface area contributed by atoms with Gasteiger partial charge in [-0.25, -0.2) is 4.68 Å². The fourth-order valence-corrected chi connectivity index (χ4v) is 3.14. The number of amides is 2. The maximum Gasteiger partial charge on any atom is 0.230 e. The van der Waals surface area contributed by atoms with Gasteiger partial charge in [0.1, 0.15) is 11.6 Å². The first-order chi connectivity index (χ1) is 13.0. The van der Waals surface area contributed by atoms with Crippen LogP contribution in [0.5, 0.6) is 0 Å². The summed E-state index contributed by atoms with van der Waals surface area (Å²) < 4.78 is 6.76. The number of aromatic nitrogens is 3. The summed E-state index contributed by atoms with van der Waals surface area (Å²) in [7, 11) is 0. The number of carbonyl (C=O) groups excluding carboxylic acids is 2. The summed E-state index contributed by atoms with van der Waals surface area (Å²) in [4.78, 5) is 24.7. The number of hydrogen-bond donors (Lipinski definition) is 3. The molecule has 3 N–H and O–H groups in total. The van der Waals surface area contributed by atoms with E-state index in [1.807, 2.05) is 40.7 Å². The Balaban J connectivity index is 1.87. The highest BCUT2D eigenvalue weighted by atomic mass is 16.5. The van der Waals surface area contributed by atoms with Crippen molar-refractivity contribution >= 4 is 17.6 Å². The van der Waals surface area contributed by atoms with E-state index in [4.69, 9.17) is 4.52 Å². The fourth-order valence-electron chi connectivity index (χ4n) is 3.14. The molecule has 3 heterocycles. The van der Waals surface area contributed by atoms with Gasteiger partial charge in [-0.1, -0.05) is 25.9 Å². The maximum atomic E-state index is 12.7. The lowest BCUT2D eigenvalue weighted by Crippen LogP contribution is -2.52. The van der Waals surface area contributed by atoms with Crippen molar-refractivity contribution in [1.29, 1.82) is 0 Å². The second-order valence-electron chi connectivity index (χ2n) is 8.38. The van der Waals surface area contributed by atoms with E-state index in [1.165, 1.54) is 0 Å². The van der Waals surface area contributed by atoms with Gasteiger partial charge in [-0.3, -0.25) is 14.9 Å². The average Bonchev–Trinajstić information content (AvgIpc) is 3.12. The summed E-state index contributed by atoms with van der Waals surface area (Å²) in [6, 6.07) is 1.85. The minimum absolute atomic E-state index is 0.00638. The Hall–Kier alpha value is -2.68. The van der Waals surface area contributed by atoms with Gasteiger partial charge in [0.2, 0.25) is 11.8 Å². The molecular weight excluding hydrogens is 360 g/mol. The molecule has 1 aliphatic rings. The minimum atomic E-state index is -0.526. The van der Waals surface area contributed by atoms with Crippen LogP contribution in [0.2, 0.25) is 0 Å². The lowest BCUT2D eigenvalue weighted by atomic mass is 9.92. The second kappa shape index (κ2) is 7.38. The number of hydrogen-bond acceptors (Lipinski definition) is 6. The van der Waals surface area contributed by atoms with E-state index in [1.54, 1.807) is 11.6 Å². The Morgan fingerprint density at radius 3 is 2.68 bits per heavy atom. The summed E-state index contributed by atoms with van der Waals surface area (Å²) in [5, 5.41) is 17.6. The molecule has 1 aliphatic heterocycles. The van der Waals surface area contributed by atoms with E-state index in [0.717, 1.165) is 11.3 Å². The van der Waals surface area contributed by atoms with Gasteiger partial charge in [0, 0.05) is 29.5 Å². The third kappa shape index (κ3) is 4.24. The van der Waals surface area contributed by atoms with Gasteiger partial charge >= 0.3 is 0 Å². The third-order valence-corrected chi connectivity index (χ3v) is 4.77. The first kappa shape index (κ1) is 20.1. The van der Waals surface area contributed by atoms with E-state index in [-0.39, 0.29) is 29.7 Å². The molecule has 2 aromatic heterocycles. The number of nitrogens with zero attached hydrogens (tertiary/aromatic N) is 3. The number of anilines is 1. The van der Waals surface area contributed by atoms with E-state index >= 15 is 0 Å². The minimum Gasteiger partial charge on any atom is -0.361 e. The Morgan fingerprint density at radius 2 is 2.11 bits per heavy atom. The predicted molar refractivity (Wildman–Crippen MR) is 104 cm³/mol. The van der Waals surface area contributed by atoms with Crippen LogP contribution < -0.4 is 16.0 Å². The molecular formula is C19H28N6O3. The van der Waals surface area contributed by atoms with Crippen molar-refractivity contribution in [3.63, 3.8) is 0 Å². The first-order valence-electron chi connectivity index (χ1n) is 9.41. The van der Waals surface area contributed by atoms with Crippen molar-refractivity contribution in [3.8, 4) is 0 Å². The van der Waals surface area contributed by atoms with Crippen LogP contribution in [-0.2, 0) is 21.4 Å². The molecule has 2 atom stereocenters. The van der Waals surface area contributed by atoms with Crippen molar-refractivity contribution in [2.24, 2.45) is 0 Å². The van der Waals surface area contributed by atoms with Gasteiger partial charge in [0.05, 0.1) is 17.8 Å². The van der Waals surface area contributed by atoms with Gasteiger partial charge in [-0.2, -0.15) is 5.10 Å². The Morgan fingerprint density at radius 1 is 1.39 bits per heavy atom. The Labute approximate surface area is 164 Å². The smallest absolute Gasteiger partial charge is 0.230 e. The quantitative estimate of drug-likeness (QED) is 0.737. The molecule has 0 aliphatic carbocycles. The third-order valence-electron chi connectivity index (χ3n) is 4.77. The molecule has 28 heavy (non-hydrogen) atoms. The van der Waals surface area contributed by atoms with E-state index < -0.39 is 6.29 Å². The molecule has 152 valence electrons. The molecule has 3 rings (SSSR count). The number of rotatable bonds is 4. The van der Waals surface area contributed by atoms with Crippen LogP contribution in [-0.4, -0.2) is 32.8 Å². The monoisotopic (exact) mass is 388 g/mol. The van der Waals surface area contributed by atoms with Crippen molar-refractivity contribution in [2.75, 3.05) is 5.32 Å². The molecule has 2 aromatic rings. The van der Waals surface area contributed by atoms with Crippen LogP contribution in [0.1, 0.15) is 63.1 Å². The molecule has 0 saturated carbocycles.